The minimum Gasteiger partial charge on any atom is -0.394 e. The van der Waals surface area contributed by atoms with Gasteiger partial charge in [-0.2, -0.15) is 0 Å². The Kier molecular flexibility index (Phi) is 10.7. The van der Waals surface area contributed by atoms with E-state index in [4.69, 9.17) is 14.6 Å². The monoisotopic (exact) mass is 316 g/mol. The van der Waals surface area contributed by atoms with Gasteiger partial charge in [0.1, 0.15) is 24.4 Å². The van der Waals surface area contributed by atoms with Crippen LogP contribution < -0.4 is 0 Å². The highest BCUT2D eigenvalue weighted by atomic mass is 16.6. The molecule has 1 rings (SSSR count). The van der Waals surface area contributed by atoms with Crippen LogP contribution in [0.5, 0.6) is 0 Å². The number of rotatable bonds is 12. The summed E-state index contributed by atoms with van der Waals surface area (Å²) in [4.78, 5) is 0. The van der Waals surface area contributed by atoms with Gasteiger partial charge < -0.3 is 24.8 Å². The van der Waals surface area contributed by atoms with Crippen molar-refractivity contribution in [3.8, 4) is 0 Å². The molecule has 22 heavy (non-hydrogen) atoms. The van der Waals surface area contributed by atoms with E-state index in [2.05, 4.69) is 19.1 Å². The maximum atomic E-state index is 9.97. The van der Waals surface area contributed by atoms with E-state index >= 15 is 0 Å². The van der Waals surface area contributed by atoms with Crippen molar-refractivity contribution in [3.05, 3.63) is 12.2 Å². The molecule has 0 aromatic carbocycles. The molecule has 0 amide bonds. The first kappa shape index (κ1) is 19.6. The molecule has 1 aliphatic heterocycles. The Balaban J connectivity index is 1.98. The quantitative estimate of drug-likeness (QED) is 0.378. The molecule has 4 atom stereocenters. The Morgan fingerprint density at radius 3 is 2.64 bits per heavy atom. The van der Waals surface area contributed by atoms with Crippen LogP contribution in [-0.4, -0.2) is 59.6 Å². The number of allylic oxidation sites excluding steroid dienone is 2. The Hall–Kier alpha value is -0.460. The highest BCUT2D eigenvalue weighted by Crippen LogP contribution is 2.20. The predicted molar refractivity (Wildman–Crippen MR) is 85.7 cm³/mol. The molecule has 0 aliphatic carbocycles. The van der Waals surface area contributed by atoms with Crippen molar-refractivity contribution in [1.82, 2.24) is 0 Å². The Bertz CT molecular complexity index is 295. The molecule has 0 unspecified atom stereocenters. The fourth-order valence-electron chi connectivity index (χ4n) is 2.62. The average molecular weight is 316 g/mol. The highest BCUT2D eigenvalue weighted by molar-refractivity contribution is 4.88. The molecular weight excluding hydrogens is 284 g/mol. The minimum atomic E-state index is -1.05. The van der Waals surface area contributed by atoms with Gasteiger partial charge in [0.2, 0.25) is 0 Å². The van der Waals surface area contributed by atoms with Crippen molar-refractivity contribution in [3.63, 3.8) is 0 Å². The minimum absolute atomic E-state index is 0.270. The molecule has 5 nitrogen and oxygen atoms in total. The number of hydrogen-bond acceptors (Lipinski definition) is 5. The van der Waals surface area contributed by atoms with Crippen LogP contribution in [0.1, 0.15) is 51.9 Å². The summed E-state index contributed by atoms with van der Waals surface area (Å²) < 4.78 is 10.9. The summed E-state index contributed by atoms with van der Waals surface area (Å²) in [5.41, 5.74) is 0. The SMILES string of the molecule is CC/C=C/CCCCCCCO[C@H]1CO[C@H]([C@H](O)CO)[C@@H]1O. The molecule has 0 spiro atoms. The topological polar surface area (TPSA) is 79.2 Å². The maximum Gasteiger partial charge on any atom is 0.114 e. The van der Waals surface area contributed by atoms with Gasteiger partial charge in [0.15, 0.2) is 0 Å². The lowest BCUT2D eigenvalue weighted by molar-refractivity contribution is -0.0730. The smallest absolute Gasteiger partial charge is 0.114 e. The first-order valence-electron chi connectivity index (χ1n) is 8.55. The second-order valence-electron chi connectivity index (χ2n) is 5.88. The molecule has 0 saturated carbocycles. The lowest BCUT2D eigenvalue weighted by Gasteiger charge is -2.20. The summed E-state index contributed by atoms with van der Waals surface area (Å²) in [5, 5.41) is 28.3. The molecule has 3 N–H and O–H groups in total. The summed E-state index contributed by atoms with van der Waals surface area (Å²) in [6.07, 6.45) is 9.49. The first-order valence-corrected chi connectivity index (χ1v) is 8.55. The Morgan fingerprint density at radius 2 is 1.91 bits per heavy atom. The number of ether oxygens (including phenoxy) is 2. The van der Waals surface area contributed by atoms with Gasteiger partial charge in [-0.3, -0.25) is 0 Å². The predicted octanol–water partition coefficient (Wildman–Crippen LogP) is 1.79. The fourth-order valence-corrected chi connectivity index (χ4v) is 2.62. The van der Waals surface area contributed by atoms with Crippen LogP contribution >= 0.6 is 0 Å². The molecule has 1 saturated heterocycles. The molecular formula is C17H32O5. The zero-order chi connectivity index (χ0) is 16.2. The van der Waals surface area contributed by atoms with Crippen molar-refractivity contribution < 1.29 is 24.8 Å². The third-order valence-electron chi connectivity index (χ3n) is 3.99. The van der Waals surface area contributed by atoms with E-state index in [1.807, 2.05) is 0 Å². The molecule has 0 aromatic heterocycles. The van der Waals surface area contributed by atoms with Gasteiger partial charge in [0.05, 0.1) is 13.2 Å². The summed E-state index contributed by atoms with van der Waals surface area (Å²) in [5.74, 6) is 0. The van der Waals surface area contributed by atoms with Gasteiger partial charge in [-0.05, 0) is 25.7 Å². The first-order chi connectivity index (χ1) is 10.7. The van der Waals surface area contributed by atoms with Crippen LogP contribution in [-0.2, 0) is 9.47 Å². The van der Waals surface area contributed by atoms with Crippen LogP contribution in [0.3, 0.4) is 0 Å². The standard InChI is InChI=1S/C17H32O5/c1-2-3-4-5-6-7-8-9-10-11-21-15-13-22-17(16(15)20)14(19)12-18/h3-4,14-20H,2,5-13H2,1H3/b4-3+/t14-,15+,16-,17-/m1/s1. The van der Waals surface area contributed by atoms with Crippen molar-refractivity contribution >= 4 is 0 Å². The van der Waals surface area contributed by atoms with Gasteiger partial charge in [-0.15, -0.1) is 0 Å². The van der Waals surface area contributed by atoms with E-state index in [0.717, 1.165) is 19.3 Å². The van der Waals surface area contributed by atoms with Crippen molar-refractivity contribution in [1.29, 1.82) is 0 Å². The van der Waals surface area contributed by atoms with Gasteiger partial charge in [-0.1, -0.05) is 38.3 Å². The van der Waals surface area contributed by atoms with Crippen LogP contribution in [0.15, 0.2) is 12.2 Å². The molecule has 130 valence electrons. The van der Waals surface area contributed by atoms with Crippen LogP contribution in [0.25, 0.3) is 0 Å². The molecule has 0 aromatic rings. The molecule has 1 aliphatic rings. The van der Waals surface area contributed by atoms with E-state index < -0.39 is 31.0 Å². The van der Waals surface area contributed by atoms with Gasteiger partial charge >= 0.3 is 0 Å². The third-order valence-corrected chi connectivity index (χ3v) is 3.99. The average Bonchev–Trinajstić information content (AvgIpc) is 2.89. The fraction of sp³-hybridized carbons (Fsp3) is 0.882. The largest absolute Gasteiger partial charge is 0.394 e. The number of hydrogen-bond donors (Lipinski definition) is 3. The van der Waals surface area contributed by atoms with Crippen LogP contribution in [0, 0.1) is 0 Å². The lowest BCUT2D eigenvalue weighted by Crippen LogP contribution is -2.41. The highest BCUT2D eigenvalue weighted by Gasteiger charge is 2.40. The lowest BCUT2D eigenvalue weighted by atomic mass is 10.1. The van der Waals surface area contributed by atoms with E-state index in [0.29, 0.717) is 6.61 Å². The zero-order valence-corrected chi connectivity index (χ0v) is 13.7. The molecule has 1 fully saturated rings. The Morgan fingerprint density at radius 1 is 1.18 bits per heavy atom. The van der Waals surface area contributed by atoms with Crippen molar-refractivity contribution in [2.75, 3.05) is 19.8 Å². The summed E-state index contributed by atoms with van der Waals surface area (Å²) in [6.45, 7) is 2.60. The summed E-state index contributed by atoms with van der Waals surface area (Å²) in [7, 11) is 0. The number of aliphatic hydroxyl groups excluding tert-OH is 3. The van der Waals surface area contributed by atoms with Gasteiger partial charge in [-0.25, -0.2) is 0 Å². The van der Waals surface area contributed by atoms with E-state index in [1.54, 1.807) is 0 Å². The zero-order valence-electron chi connectivity index (χ0n) is 13.7. The number of aliphatic hydroxyl groups is 3. The third kappa shape index (κ3) is 7.20. The van der Waals surface area contributed by atoms with Gasteiger partial charge in [0, 0.05) is 6.61 Å². The molecule has 1 heterocycles. The van der Waals surface area contributed by atoms with E-state index in [1.165, 1.54) is 25.7 Å². The van der Waals surface area contributed by atoms with Gasteiger partial charge in [0.25, 0.3) is 0 Å². The van der Waals surface area contributed by atoms with E-state index in [-0.39, 0.29) is 6.61 Å². The Labute approximate surface area is 133 Å². The van der Waals surface area contributed by atoms with Crippen molar-refractivity contribution in [2.45, 2.75) is 76.3 Å². The maximum absolute atomic E-state index is 9.97. The second-order valence-corrected chi connectivity index (χ2v) is 5.88. The van der Waals surface area contributed by atoms with Crippen LogP contribution in [0.2, 0.25) is 0 Å². The van der Waals surface area contributed by atoms with Crippen molar-refractivity contribution in [2.24, 2.45) is 0 Å². The number of unbranched alkanes of at least 4 members (excludes halogenated alkanes) is 5. The molecule has 5 heteroatoms. The summed E-state index contributed by atoms with van der Waals surface area (Å²) >= 11 is 0. The second kappa shape index (κ2) is 12.0. The molecule has 0 bridgehead atoms. The van der Waals surface area contributed by atoms with E-state index in [9.17, 15) is 10.2 Å². The summed E-state index contributed by atoms with van der Waals surface area (Å²) in [6, 6.07) is 0. The molecule has 0 radical (unpaired) electrons. The van der Waals surface area contributed by atoms with Crippen LogP contribution in [0.4, 0.5) is 0 Å². The normalized spacial score (nSPS) is 26.8.